The lowest BCUT2D eigenvalue weighted by molar-refractivity contribution is -0.344. The molecule has 0 bridgehead atoms. The largest absolute Gasteiger partial charge is 0.507 e. The van der Waals surface area contributed by atoms with Crippen LogP contribution in [0.4, 0.5) is 0 Å². The molecule has 3 aromatic rings. The number of aromatic hydroxyl groups is 3. The summed E-state index contributed by atoms with van der Waals surface area (Å²) in [7, 11) is 3.07. The van der Waals surface area contributed by atoms with Crippen molar-refractivity contribution in [2.45, 2.75) is 76.0 Å². The van der Waals surface area contributed by atoms with Crippen molar-refractivity contribution in [3.63, 3.8) is 0 Å². The summed E-state index contributed by atoms with van der Waals surface area (Å²) in [6.45, 7) is 4.38. The van der Waals surface area contributed by atoms with E-state index >= 15 is 0 Å². The van der Waals surface area contributed by atoms with Gasteiger partial charge >= 0.3 is 5.97 Å². The van der Waals surface area contributed by atoms with E-state index in [4.69, 9.17) is 23.7 Å². The van der Waals surface area contributed by atoms with Gasteiger partial charge < -0.3 is 64.7 Å². The molecule has 9 atom stereocenters. The van der Waals surface area contributed by atoms with Crippen LogP contribution in [0.25, 0.3) is 11.1 Å². The predicted octanol–water partition coefficient (Wildman–Crippen LogP) is 1.01. The number of ketones is 2. The van der Waals surface area contributed by atoms with Crippen LogP contribution in [-0.2, 0) is 23.7 Å². The number of hydrogen-bond donors (Lipinski definition) is 8. The summed E-state index contributed by atoms with van der Waals surface area (Å²) in [5.74, 6) is -6.32. The Morgan fingerprint density at radius 3 is 2.30 bits per heavy atom. The molecule has 7 rings (SSSR count). The van der Waals surface area contributed by atoms with E-state index in [-0.39, 0.29) is 57.9 Å². The number of carboxylic acid groups (broad SMARTS) is 1. The summed E-state index contributed by atoms with van der Waals surface area (Å²) >= 11 is 0. The second-order valence-corrected chi connectivity index (χ2v) is 14.5. The van der Waals surface area contributed by atoms with Crippen LogP contribution in [0, 0.1) is 6.92 Å². The van der Waals surface area contributed by atoms with Crippen molar-refractivity contribution in [2.75, 3.05) is 33.9 Å². The lowest BCUT2D eigenvalue weighted by Gasteiger charge is -2.52. The van der Waals surface area contributed by atoms with Gasteiger partial charge in [-0.05, 0) is 56.6 Å². The second kappa shape index (κ2) is 15.0. The highest BCUT2D eigenvalue weighted by molar-refractivity contribution is 6.31. The highest BCUT2D eigenvalue weighted by atomic mass is 16.7. The average molecular weight is 795 g/mol. The van der Waals surface area contributed by atoms with E-state index in [9.17, 15) is 54.9 Å². The van der Waals surface area contributed by atoms with Crippen molar-refractivity contribution >= 4 is 23.4 Å². The molecule has 2 fully saturated rings. The first-order valence-electron chi connectivity index (χ1n) is 18.1. The van der Waals surface area contributed by atoms with E-state index in [0.29, 0.717) is 6.54 Å². The minimum absolute atomic E-state index is 0.0233. The molecule has 0 saturated carbocycles. The van der Waals surface area contributed by atoms with Gasteiger partial charge in [0.2, 0.25) is 0 Å². The van der Waals surface area contributed by atoms with Gasteiger partial charge in [0.1, 0.15) is 53.5 Å². The molecule has 2 aliphatic carbocycles. The van der Waals surface area contributed by atoms with Crippen LogP contribution >= 0.6 is 0 Å². The molecule has 8 N–H and O–H groups in total. The molecule has 3 unspecified atom stereocenters. The Morgan fingerprint density at radius 2 is 1.63 bits per heavy atom. The average Bonchev–Trinajstić information content (AvgIpc) is 3.15. The Hall–Kier alpha value is -5.18. The summed E-state index contributed by atoms with van der Waals surface area (Å²) in [5.41, 5.74) is -2.83. The van der Waals surface area contributed by atoms with Gasteiger partial charge in [-0.3, -0.25) is 24.1 Å². The van der Waals surface area contributed by atoms with Gasteiger partial charge in [-0.1, -0.05) is 6.07 Å². The lowest BCUT2D eigenvalue weighted by atomic mass is 9.74. The molecule has 2 aliphatic heterocycles. The number of phenolic OH excluding ortho intramolecular Hbond substituents is 3. The van der Waals surface area contributed by atoms with Crippen LogP contribution in [-0.4, -0.2) is 141 Å². The molecular formula is C39H42N2O16. The first-order chi connectivity index (χ1) is 27.0. The van der Waals surface area contributed by atoms with Crippen molar-refractivity contribution in [1.82, 2.24) is 10.2 Å². The van der Waals surface area contributed by atoms with Gasteiger partial charge in [0.25, 0.3) is 5.91 Å². The summed E-state index contributed by atoms with van der Waals surface area (Å²) in [6, 6.07) is 2.96. The standard InChI is InChI=1S/C39H42N2O16/c1-13-8-20-26(32(47)23(13)37(50)40-14(2)38(51)52)25-18(11-19-27(33(25)48)30(45)17-9-16(53-5)10-21(43)24(17)29(19)44)31(46)35(20)57-39-34(49)36-28(15(3)55-39)41(4)12-22(56-36)54-7-6-42/h8-11,14-15,22,28,31,34-36,39,42-43,46-49H,6-7,12H2,1-5H3,(H,40,50)(H,51,52)/t14-,15-,22+,28?,31+,34-,35+,36?,39?/m1/s1. The molecule has 18 heteroatoms. The van der Waals surface area contributed by atoms with Crippen molar-refractivity contribution < 1.29 is 78.6 Å². The maximum Gasteiger partial charge on any atom is 0.325 e. The minimum atomic E-state index is -1.80. The molecule has 0 radical (unpaired) electrons. The zero-order valence-electron chi connectivity index (χ0n) is 31.4. The maximum absolute atomic E-state index is 14.1. The number of morpholine rings is 1. The Kier molecular flexibility index (Phi) is 10.5. The zero-order chi connectivity index (χ0) is 41.4. The fourth-order valence-corrected chi connectivity index (χ4v) is 8.29. The molecule has 2 heterocycles. The fraction of sp³-hybridized carbons (Fsp3) is 0.436. The number of likely N-dealkylation sites (N-methyl/N-ethyl adjacent to an activating group) is 1. The van der Waals surface area contributed by atoms with Crippen LogP contribution < -0.4 is 10.1 Å². The van der Waals surface area contributed by atoms with E-state index in [1.165, 1.54) is 33.1 Å². The Morgan fingerprint density at radius 1 is 0.965 bits per heavy atom. The number of aliphatic carboxylic acids is 1. The number of carbonyl (C=O) groups excluding carboxylic acids is 3. The highest BCUT2D eigenvalue weighted by Crippen LogP contribution is 2.57. The molecular weight excluding hydrogens is 752 g/mol. The minimum Gasteiger partial charge on any atom is -0.507 e. The number of carboxylic acids is 1. The molecule has 18 nitrogen and oxygen atoms in total. The van der Waals surface area contributed by atoms with Crippen LogP contribution in [0.1, 0.15) is 84.9 Å². The number of nitrogens with one attached hydrogen (secondary N) is 1. The van der Waals surface area contributed by atoms with E-state index in [1.54, 1.807) is 14.0 Å². The summed E-state index contributed by atoms with van der Waals surface area (Å²) in [6.07, 6.45) is -8.82. The van der Waals surface area contributed by atoms with E-state index in [1.807, 2.05) is 4.90 Å². The van der Waals surface area contributed by atoms with Crippen molar-refractivity contribution in [3.8, 4) is 34.1 Å². The molecule has 0 aromatic heterocycles. The number of aliphatic hydroxyl groups excluding tert-OH is 3. The van der Waals surface area contributed by atoms with Crippen LogP contribution in [0.5, 0.6) is 23.0 Å². The third kappa shape index (κ3) is 6.47. The Labute approximate surface area is 324 Å². The second-order valence-electron chi connectivity index (χ2n) is 14.5. The Bertz CT molecular complexity index is 2190. The van der Waals surface area contributed by atoms with Crippen molar-refractivity contribution in [1.29, 1.82) is 0 Å². The first-order valence-corrected chi connectivity index (χ1v) is 18.1. The molecule has 1 amide bonds. The van der Waals surface area contributed by atoms with Gasteiger partial charge in [-0.25, -0.2) is 0 Å². The van der Waals surface area contributed by atoms with Crippen LogP contribution in [0.3, 0.4) is 0 Å². The Balaban J connectivity index is 1.38. The van der Waals surface area contributed by atoms with Crippen molar-refractivity contribution in [2.24, 2.45) is 0 Å². The van der Waals surface area contributed by atoms with E-state index < -0.39 is 113 Å². The van der Waals surface area contributed by atoms with Gasteiger partial charge in [-0.2, -0.15) is 0 Å². The maximum atomic E-state index is 14.1. The number of amides is 1. The fourth-order valence-electron chi connectivity index (χ4n) is 8.29. The number of phenols is 3. The molecule has 57 heavy (non-hydrogen) atoms. The predicted molar refractivity (Wildman–Crippen MR) is 193 cm³/mol. The number of carbonyl (C=O) groups is 4. The van der Waals surface area contributed by atoms with Crippen LogP contribution in [0.15, 0.2) is 24.3 Å². The third-order valence-corrected chi connectivity index (χ3v) is 10.9. The monoisotopic (exact) mass is 794 g/mol. The summed E-state index contributed by atoms with van der Waals surface area (Å²) < 4.78 is 29.4. The molecule has 3 aromatic carbocycles. The number of rotatable bonds is 9. The SMILES string of the molecule is COc1cc(O)c2c(c1)C(=O)c1c(cc3c(c1O)-c1c(cc(C)c(C(=O)N[C@H](C)C(=O)O)c1O)[C@H](OC1O[C@H](C)C4C(O[C@H](OCCO)CN4C)[C@H]1O)[C@H]3O)C2=O. The summed E-state index contributed by atoms with van der Waals surface area (Å²) in [5, 5.41) is 79.6. The van der Waals surface area contributed by atoms with Gasteiger partial charge in [-0.15, -0.1) is 0 Å². The lowest BCUT2D eigenvalue weighted by Crippen LogP contribution is -2.68. The number of methoxy groups -OCH3 is 1. The van der Waals surface area contributed by atoms with Crippen LogP contribution in [0.2, 0.25) is 0 Å². The zero-order valence-corrected chi connectivity index (χ0v) is 31.4. The van der Waals surface area contributed by atoms with Gasteiger partial charge in [0, 0.05) is 34.9 Å². The van der Waals surface area contributed by atoms with Gasteiger partial charge in [0.05, 0.1) is 49.2 Å². The van der Waals surface area contributed by atoms with Gasteiger partial charge in [0.15, 0.2) is 24.1 Å². The number of aliphatic hydroxyl groups is 3. The number of benzene rings is 3. The molecule has 0 spiro atoms. The molecule has 304 valence electrons. The normalized spacial score (nSPS) is 27.0. The topological polar surface area (TPSA) is 271 Å². The number of hydrogen-bond acceptors (Lipinski definition) is 16. The smallest absolute Gasteiger partial charge is 0.325 e. The summed E-state index contributed by atoms with van der Waals surface area (Å²) in [4.78, 5) is 55.1. The number of ether oxygens (including phenoxy) is 5. The molecule has 2 saturated heterocycles. The molecule has 4 aliphatic rings. The third-order valence-electron chi connectivity index (χ3n) is 10.9. The first kappa shape index (κ1) is 40.0. The number of aryl methyl sites for hydroxylation is 1. The van der Waals surface area contributed by atoms with Crippen molar-refractivity contribution in [3.05, 3.63) is 68.8 Å². The van der Waals surface area contributed by atoms with E-state index in [2.05, 4.69) is 5.32 Å². The van der Waals surface area contributed by atoms with E-state index in [0.717, 1.165) is 12.1 Å². The quantitative estimate of drug-likeness (QED) is 0.117. The number of fused-ring (bicyclic) bond motifs is 6. The highest BCUT2D eigenvalue weighted by Gasteiger charge is 2.52. The number of nitrogens with zero attached hydrogens (tertiary/aromatic N) is 1.